The number of alkyl halides is 6. The third-order valence-corrected chi connectivity index (χ3v) is 6.94. The van der Waals surface area contributed by atoms with Gasteiger partial charge in [0.2, 0.25) is 0 Å². The lowest BCUT2D eigenvalue weighted by Gasteiger charge is -2.39. The largest absolute Gasteiger partial charge is 0.542 e. The molecule has 1 aliphatic rings. The number of rotatable bonds is 5. The van der Waals surface area contributed by atoms with Gasteiger partial charge in [-0.1, -0.05) is 48.5 Å². The quantitative estimate of drug-likeness (QED) is 0.377. The molecule has 0 radical (unpaired) electrons. The molecule has 1 saturated heterocycles. The number of amides is 1. The van der Waals surface area contributed by atoms with Crippen LogP contribution in [0.5, 0.6) is 0 Å². The van der Waals surface area contributed by atoms with E-state index in [9.17, 15) is 35.9 Å². The Balaban J connectivity index is 0.000000532. The Morgan fingerprint density at radius 1 is 0.846 bits per heavy atom. The number of hydrogen-bond acceptors (Lipinski definition) is 5. The van der Waals surface area contributed by atoms with E-state index in [1.165, 1.54) is 11.0 Å². The minimum absolute atomic E-state index is 0.127. The van der Waals surface area contributed by atoms with Crippen molar-refractivity contribution in [3.63, 3.8) is 0 Å². The minimum Gasteiger partial charge on any atom is -0.542 e. The lowest BCUT2D eigenvalue weighted by atomic mass is 10.0. The number of nitrogens with zero attached hydrogens (tertiary/aromatic N) is 1. The summed E-state index contributed by atoms with van der Waals surface area (Å²) in [6.45, 7) is 1.85. The molecule has 13 heteroatoms. The predicted molar refractivity (Wildman–Crippen MR) is 128 cm³/mol. The Labute approximate surface area is 223 Å². The number of carbonyl (C=O) groups excluding carboxylic acids is 3. The summed E-state index contributed by atoms with van der Waals surface area (Å²) in [5.74, 6) is -5.25. The number of quaternary nitrogens is 1. The van der Waals surface area contributed by atoms with Gasteiger partial charge in [-0.25, -0.2) is 0 Å². The molecular weight excluding hydrogens is 550 g/mol. The standard InChI is InChI=1S/C24H21F3N2O2S.C2HF3O2/c25-24(26,27)22(30)20-11-12-21(32-20)23(31)29-14-13-28(18-9-5-2-6-10-18)16-19(29)15-17-7-3-1-4-8-17;3-2(4,5)1(6)7/h1-12,19H,13-16H2;(H,6,7). The van der Waals surface area contributed by atoms with Crippen LogP contribution >= 0.6 is 11.3 Å². The van der Waals surface area contributed by atoms with Crippen molar-refractivity contribution in [2.75, 3.05) is 19.6 Å². The van der Waals surface area contributed by atoms with Crippen molar-refractivity contribution in [1.82, 2.24) is 4.90 Å². The molecule has 0 bridgehead atoms. The van der Waals surface area contributed by atoms with Crippen molar-refractivity contribution in [3.8, 4) is 0 Å². The number of nitrogens with one attached hydrogen (secondary N) is 1. The second-order valence-corrected chi connectivity index (χ2v) is 9.63. The van der Waals surface area contributed by atoms with E-state index in [0.29, 0.717) is 37.4 Å². The highest BCUT2D eigenvalue weighted by atomic mass is 32.1. The average Bonchev–Trinajstić information content (AvgIpc) is 3.38. The van der Waals surface area contributed by atoms with E-state index in [0.717, 1.165) is 17.3 Å². The Morgan fingerprint density at radius 3 is 1.92 bits per heavy atom. The van der Waals surface area contributed by atoms with Gasteiger partial charge in [0.25, 0.3) is 11.7 Å². The number of Topliss-reactive ketones (excluding diaryl/α,β-unsaturated/α-hetero) is 1. The van der Waals surface area contributed by atoms with Crippen LogP contribution in [0.25, 0.3) is 0 Å². The number of carbonyl (C=O) groups is 3. The summed E-state index contributed by atoms with van der Waals surface area (Å²) < 4.78 is 69.9. The summed E-state index contributed by atoms with van der Waals surface area (Å²) in [4.78, 5) is 36.3. The van der Waals surface area contributed by atoms with Crippen LogP contribution in [0.2, 0.25) is 0 Å². The van der Waals surface area contributed by atoms with Crippen LogP contribution in [0.4, 0.5) is 32.0 Å². The van der Waals surface area contributed by atoms with Crippen molar-refractivity contribution in [3.05, 3.63) is 88.1 Å². The summed E-state index contributed by atoms with van der Waals surface area (Å²) in [5.41, 5.74) is 2.23. The van der Waals surface area contributed by atoms with Crippen LogP contribution in [0.1, 0.15) is 24.9 Å². The maximum atomic E-state index is 13.3. The molecule has 208 valence electrons. The molecule has 0 aliphatic carbocycles. The van der Waals surface area contributed by atoms with E-state index in [2.05, 4.69) is 12.1 Å². The Bertz CT molecular complexity index is 1280. The number of carboxylic acid groups (broad SMARTS) is 1. The highest BCUT2D eigenvalue weighted by molar-refractivity contribution is 7.16. The molecule has 6 nitrogen and oxygen atoms in total. The molecule has 0 spiro atoms. The molecule has 0 saturated carbocycles. The highest BCUT2D eigenvalue weighted by Gasteiger charge is 2.41. The minimum atomic E-state index is -5.19. The molecular formula is C26H22F6N2O4S. The number of hydrogen-bond donors (Lipinski definition) is 1. The van der Waals surface area contributed by atoms with Crippen LogP contribution in [0.3, 0.4) is 0 Å². The number of thiophene rings is 1. The van der Waals surface area contributed by atoms with Crippen LogP contribution < -0.4 is 10.0 Å². The molecule has 1 fully saturated rings. The average molecular weight is 573 g/mol. The van der Waals surface area contributed by atoms with Gasteiger partial charge in [0.15, 0.2) is 0 Å². The molecule has 2 atom stereocenters. The van der Waals surface area contributed by atoms with E-state index >= 15 is 0 Å². The Hall–Kier alpha value is -3.71. The van der Waals surface area contributed by atoms with Gasteiger partial charge in [0.1, 0.15) is 18.2 Å². The monoisotopic (exact) mass is 572 g/mol. The lowest BCUT2D eigenvalue weighted by molar-refractivity contribution is -0.841. The normalized spacial score (nSPS) is 17.6. The van der Waals surface area contributed by atoms with Crippen molar-refractivity contribution >= 4 is 34.7 Å². The number of benzene rings is 2. The predicted octanol–water partition coefficient (Wildman–Crippen LogP) is 3.08. The fraction of sp³-hybridized carbons (Fsp3) is 0.269. The summed E-state index contributed by atoms with van der Waals surface area (Å²) in [6, 6.07) is 22.1. The molecule has 2 heterocycles. The molecule has 1 aromatic heterocycles. The molecule has 3 aromatic rings. The second kappa shape index (κ2) is 12.4. The van der Waals surface area contributed by atoms with Crippen LogP contribution in [0.15, 0.2) is 72.8 Å². The number of para-hydroxylation sites is 1. The first-order valence-electron chi connectivity index (χ1n) is 11.5. The lowest BCUT2D eigenvalue weighted by Crippen LogP contribution is -3.11. The van der Waals surface area contributed by atoms with E-state index in [1.807, 2.05) is 48.5 Å². The molecule has 2 aromatic carbocycles. The van der Waals surface area contributed by atoms with E-state index < -0.39 is 29.0 Å². The smallest absolute Gasteiger partial charge is 0.455 e. The number of carboxylic acids is 1. The molecule has 1 aliphatic heterocycles. The number of ketones is 1. The van der Waals surface area contributed by atoms with Gasteiger partial charge in [-0.15, -0.1) is 11.3 Å². The second-order valence-electron chi connectivity index (χ2n) is 8.54. The summed E-state index contributed by atoms with van der Waals surface area (Å²) >= 11 is 0.608. The fourth-order valence-electron chi connectivity index (χ4n) is 4.06. The van der Waals surface area contributed by atoms with Gasteiger partial charge in [0, 0.05) is 0 Å². The number of aliphatic carboxylic acids is 1. The van der Waals surface area contributed by atoms with E-state index in [1.54, 1.807) is 4.90 Å². The van der Waals surface area contributed by atoms with Gasteiger partial charge in [-0.3, -0.25) is 14.5 Å². The first-order chi connectivity index (χ1) is 18.3. The van der Waals surface area contributed by atoms with Crippen LogP contribution in [0, 0.1) is 0 Å². The zero-order valence-electron chi connectivity index (χ0n) is 20.1. The first kappa shape index (κ1) is 29.8. The van der Waals surface area contributed by atoms with Crippen LogP contribution in [-0.4, -0.2) is 60.6 Å². The maximum Gasteiger partial charge on any atom is 0.455 e. The zero-order chi connectivity index (χ0) is 28.8. The number of piperazine rings is 1. The maximum absolute atomic E-state index is 13.3. The topological polar surface area (TPSA) is 81.9 Å². The molecule has 1 amide bonds. The third kappa shape index (κ3) is 8.14. The Morgan fingerprint density at radius 2 is 1.38 bits per heavy atom. The van der Waals surface area contributed by atoms with Gasteiger partial charge >= 0.3 is 12.4 Å². The summed E-state index contributed by atoms with van der Waals surface area (Å²) in [7, 11) is 0. The van der Waals surface area contributed by atoms with Crippen molar-refractivity contribution in [2.24, 2.45) is 0 Å². The van der Waals surface area contributed by atoms with Gasteiger partial charge in [-0.05, 0) is 36.2 Å². The molecule has 39 heavy (non-hydrogen) atoms. The Kier molecular flexibility index (Phi) is 9.51. The van der Waals surface area contributed by atoms with Crippen LogP contribution in [-0.2, 0) is 11.2 Å². The molecule has 2 unspecified atom stereocenters. The van der Waals surface area contributed by atoms with Gasteiger partial charge in [0.05, 0.1) is 28.9 Å². The van der Waals surface area contributed by atoms with E-state index in [4.69, 9.17) is 9.90 Å². The molecule has 1 N–H and O–H groups in total. The SMILES string of the molecule is O=C([O-])C(F)(F)F.O=C(c1ccc(C(=O)C(F)(F)F)s1)N1CC[NH+](c2ccccc2)CC1Cc1ccccc1. The zero-order valence-corrected chi connectivity index (χ0v) is 20.9. The summed E-state index contributed by atoms with van der Waals surface area (Å²) in [6.07, 6.45) is -9.51. The van der Waals surface area contributed by atoms with Gasteiger partial charge < -0.3 is 14.8 Å². The third-order valence-electron chi connectivity index (χ3n) is 5.86. The van der Waals surface area contributed by atoms with Gasteiger partial charge in [-0.2, -0.15) is 26.3 Å². The fourth-order valence-corrected chi connectivity index (χ4v) is 4.98. The van der Waals surface area contributed by atoms with E-state index in [-0.39, 0.29) is 16.8 Å². The van der Waals surface area contributed by atoms with Crippen molar-refractivity contribution in [1.29, 1.82) is 0 Å². The van der Waals surface area contributed by atoms with Crippen molar-refractivity contribution < 1.29 is 50.7 Å². The first-order valence-corrected chi connectivity index (χ1v) is 12.3. The highest BCUT2D eigenvalue weighted by Crippen LogP contribution is 2.28. The summed E-state index contributed by atoms with van der Waals surface area (Å²) in [5, 5.41) is 8.78. The number of halogens is 6. The van der Waals surface area contributed by atoms with Crippen molar-refractivity contribution in [2.45, 2.75) is 24.8 Å². The molecule has 4 rings (SSSR count).